The molecule has 0 unspecified atom stereocenters. The molecule has 0 spiro atoms. The standard InChI is InChI=1S/C21H25NO2/c1-17-9-5-6-12-19(17)24-15-20(23)22-16-21(13-7-8-14-21)18-10-3-2-4-11-18/h2-6,9-12H,7-8,13-16H2,1H3,(H,22,23). The van der Waals surface area contributed by atoms with Gasteiger partial charge in [-0.25, -0.2) is 0 Å². The summed E-state index contributed by atoms with van der Waals surface area (Å²) in [5.74, 6) is 0.715. The zero-order valence-electron chi connectivity index (χ0n) is 14.3. The molecular weight excluding hydrogens is 298 g/mol. The second-order valence-corrected chi connectivity index (χ2v) is 6.68. The maximum atomic E-state index is 12.2. The van der Waals surface area contributed by atoms with Crippen LogP contribution in [0.3, 0.4) is 0 Å². The topological polar surface area (TPSA) is 38.3 Å². The van der Waals surface area contributed by atoms with E-state index < -0.39 is 0 Å². The van der Waals surface area contributed by atoms with Crippen LogP contribution in [0.5, 0.6) is 5.75 Å². The van der Waals surface area contributed by atoms with E-state index in [2.05, 4.69) is 29.6 Å². The summed E-state index contributed by atoms with van der Waals surface area (Å²) in [6.07, 6.45) is 4.72. The summed E-state index contributed by atoms with van der Waals surface area (Å²) in [6, 6.07) is 18.3. The third-order valence-electron chi connectivity index (χ3n) is 5.02. The molecule has 24 heavy (non-hydrogen) atoms. The van der Waals surface area contributed by atoms with Gasteiger partial charge in [0, 0.05) is 12.0 Å². The van der Waals surface area contributed by atoms with Crippen molar-refractivity contribution in [1.82, 2.24) is 5.32 Å². The number of aryl methyl sites for hydroxylation is 1. The summed E-state index contributed by atoms with van der Waals surface area (Å²) in [5, 5.41) is 3.09. The number of nitrogens with one attached hydrogen (secondary N) is 1. The minimum atomic E-state index is -0.0551. The Labute approximate surface area is 144 Å². The molecule has 1 N–H and O–H groups in total. The van der Waals surface area contributed by atoms with Gasteiger partial charge < -0.3 is 10.1 Å². The molecule has 0 aliphatic heterocycles. The number of carbonyl (C=O) groups is 1. The van der Waals surface area contributed by atoms with E-state index in [1.165, 1.54) is 18.4 Å². The molecule has 0 heterocycles. The lowest BCUT2D eigenvalue weighted by molar-refractivity contribution is -0.123. The van der Waals surface area contributed by atoms with Gasteiger partial charge in [0.25, 0.3) is 5.91 Å². The fourth-order valence-electron chi connectivity index (χ4n) is 3.59. The van der Waals surface area contributed by atoms with Crippen molar-refractivity contribution >= 4 is 5.91 Å². The van der Waals surface area contributed by atoms with Crippen molar-refractivity contribution in [1.29, 1.82) is 0 Å². The first-order valence-electron chi connectivity index (χ1n) is 8.70. The highest BCUT2D eigenvalue weighted by Crippen LogP contribution is 2.40. The van der Waals surface area contributed by atoms with Crippen LogP contribution in [0, 0.1) is 6.92 Å². The first-order chi connectivity index (χ1) is 11.7. The summed E-state index contributed by atoms with van der Waals surface area (Å²) in [7, 11) is 0. The molecule has 1 saturated carbocycles. The van der Waals surface area contributed by atoms with E-state index in [0.29, 0.717) is 6.54 Å². The van der Waals surface area contributed by atoms with Crippen LogP contribution >= 0.6 is 0 Å². The number of amides is 1. The van der Waals surface area contributed by atoms with Crippen LogP contribution in [-0.2, 0) is 10.2 Å². The van der Waals surface area contributed by atoms with Gasteiger partial charge in [-0.05, 0) is 37.0 Å². The van der Waals surface area contributed by atoms with Crippen LogP contribution < -0.4 is 10.1 Å². The van der Waals surface area contributed by atoms with Crippen molar-refractivity contribution in [3.8, 4) is 5.75 Å². The summed E-state index contributed by atoms with van der Waals surface area (Å²) >= 11 is 0. The largest absolute Gasteiger partial charge is 0.484 e. The highest BCUT2D eigenvalue weighted by Gasteiger charge is 2.35. The predicted molar refractivity (Wildman–Crippen MR) is 96.3 cm³/mol. The van der Waals surface area contributed by atoms with Gasteiger partial charge >= 0.3 is 0 Å². The van der Waals surface area contributed by atoms with Crippen LogP contribution in [-0.4, -0.2) is 19.1 Å². The Kier molecular flexibility index (Phi) is 5.19. The quantitative estimate of drug-likeness (QED) is 0.872. The van der Waals surface area contributed by atoms with Gasteiger partial charge in [-0.15, -0.1) is 0 Å². The summed E-state index contributed by atoms with van der Waals surface area (Å²) in [6.45, 7) is 2.73. The molecule has 1 fully saturated rings. The van der Waals surface area contributed by atoms with Crippen molar-refractivity contribution in [2.45, 2.75) is 38.0 Å². The zero-order valence-corrected chi connectivity index (χ0v) is 14.3. The van der Waals surface area contributed by atoms with Crippen LogP contribution in [0.25, 0.3) is 0 Å². The van der Waals surface area contributed by atoms with Crippen molar-refractivity contribution in [3.05, 3.63) is 65.7 Å². The molecular formula is C21H25NO2. The first-order valence-corrected chi connectivity index (χ1v) is 8.70. The highest BCUT2D eigenvalue weighted by molar-refractivity contribution is 5.77. The maximum Gasteiger partial charge on any atom is 0.257 e. The lowest BCUT2D eigenvalue weighted by atomic mass is 9.79. The number of benzene rings is 2. The number of hydrogen-bond donors (Lipinski definition) is 1. The molecule has 0 aromatic heterocycles. The van der Waals surface area contributed by atoms with Gasteiger partial charge in [0.05, 0.1) is 0 Å². The Balaban J connectivity index is 1.57. The molecule has 1 amide bonds. The van der Waals surface area contributed by atoms with E-state index in [4.69, 9.17) is 4.74 Å². The van der Waals surface area contributed by atoms with Crippen molar-refractivity contribution in [2.75, 3.05) is 13.2 Å². The molecule has 3 rings (SSSR count). The predicted octanol–water partition coefficient (Wildman–Crippen LogP) is 4.00. The van der Waals surface area contributed by atoms with Crippen LogP contribution in [0.15, 0.2) is 54.6 Å². The molecule has 126 valence electrons. The third-order valence-corrected chi connectivity index (χ3v) is 5.02. The Hall–Kier alpha value is -2.29. The monoisotopic (exact) mass is 323 g/mol. The van der Waals surface area contributed by atoms with Gasteiger partial charge in [0.1, 0.15) is 5.75 Å². The molecule has 1 aliphatic rings. The zero-order chi connectivity index (χ0) is 16.8. The van der Waals surface area contributed by atoms with Gasteiger partial charge in [-0.1, -0.05) is 61.4 Å². The number of rotatable bonds is 6. The Morgan fingerprint density at radius 2 is 1.71 bits per heavy atom. The second kappa shape index (κ2) is 7.52. The lowest BCUT2D eigenvalue weighted by Gasteiger charge is -2.30. The van der Waals surface area contributed by atoms with E-state index in [9.17, 15) is 4.79 Å². The summed E-state index contributed by atoms with van der Waals surface area (Å²) < 4.78 is 5.64. The highest BCUT2D eigenvalue weighted by atomic mass is 16.5. The fourth-order valence-corrected chi connectivity index (χ4v) is 3.59. The fraction of sp³-hybridized carbons (Fsp3) is 0.381. The third kappa shape index (κ3) is 3.78. The van der Waals surface area contributed by atoms with Gasteiger partial charge in [0.15, 0.2) is 6.61 Å². The second-order valence-electron chi connectivity index (χ2n) is 6.68. The summed E-state index contributed by atoms with van der Waals surface area (Å²) in [5.41, 5.74) is 2.46. The van der Waals surface area contributed by atoms with Crippen molar-refractivity contribution in [2.24, 2.45) is 0 Å². The minimum Gasteiger partial charge on any atom is -0.484 e. The lowest BCUT2D eigenvalue weighted by Crippen LogP contribution is -2.40. The number of ether oxygens (including phenoxy) is 1. The average molecular weight is 323 g/mol. The Morgan fingerprint density at radius 3 is 2.42 bits per heavy atom. The molecule has 0 saturated heterocycles. The van der Waals surface area contributed by atoms with Gasteiger partial charge in [-0.3, -0.25) is 4.79 Å². The first kappa shape index (κ1) is 16.6. The molecule has 0 atom stereocenters. The van der Waals surface area contributed by atoms with Crippen molar-refractivity contribution in [3.63, 3.8) is 0 Å². The van der Waals surface area contributed by atoms with E-state index >= 15 is 0 Å². The number of hydrogen-bond acceptors (Lipinski definition) is 2. The van der Waals surface area contributed by atoms with E-state index in [1.54, 1.807) is 0 Å². The molecule has 2 aromatic carbocycles. The van der Waals surface area contributed by atoms with Gasteiger partial charge in [-0.2, -0.15) is 0 Å². The molecule has 2 aromatic rings. The minimum absolute atomic E-state index is 0.0551. The van der Waals surface area contributed by atoms with E-state index in [0.717, 1.165) is 24.2 Å². The van der Waals surface area contributed by atoms with E-state index in [-0.39, 0.29) is 17.9 Å². The van der Waals surface area contributed by atoms with Crippen LogP contribution in [0.4, 0.5) is 0 Å². The van der Waals surface area contributed by atoms with Crippen LogP contribution in [0.2, 0.25) is 0 Å². The molecule has 3 nitrogen and oxygen atoms in total. The average Bonchev–Trinajstić information content (AvgIpc) is 3.10. The number of carbonyl (C=O) groups excluding carboxylic acids is 1. The SMILES string of the molecule is Cc1ccccc1OCC(=O)NCC1(c2ccccc2)CCCC1. The van der Waals surface area contributed by atoms with Crippen molar-refractivity contribution < 1.29 is 9.53 Å². The smallest absolute Gasteiger partial charge is 0.257 e. The molecule has 0 bridgehead atoms. The van der Waals surface area contributed by atoms with E-state index in [1.807, 2.05) is 37.3 Å². The Morgan fingerprint density at radius 1 is 1.04 bits per heavy atom. The molecule has 3 heteroatoms. The Bertz CT molecular complexity index is 675. The number of para-hydroxylation sites is 1. The molecule has 1 aliphatic carbocycles. The summed E-state index contributed by atoms with van der Waals surface area (Å²) in [4.78, 5) is 12.2. The molecule has 0 radical (unpaired) electrons. The van der Waals surface area contributed by atoms with Gasteiger partial charge in [0.2, 0.25) is 0 Å². The normalized spacial score (nSPS) is 15.9. The van der Waals surface area contributed by atoms with Crippen LogP contribution in [0.1, 0.15) is 36.8 Å². The maximum absolute atomic E-state index is 12.2.